The van der Waals surface area contributed by atoms with E-state index in [1.807, 2.05) is 0 Å². The number of hydrogen-bond acceptors (Lipinski definition) is 3. The monoisotopic (exact) mass is 247 g/mol. The SMILES string of the molecule is CC(C)(C)OC(=O)N1CCC(C(=O)O)C(F)C1. The normalized spacial score (nSPS) is 25.5. The summed E-state index contributed by atoms with van der Waals surface area (Å²) in [5.41, 5.74) is -0.632. The summed E-state index contributed by atoms with van der Waals surface area (Å²) in [7, 11) is 0. The number of carbonyl (C=O) groups excluding carboxylic acids is 1. The van der Waals surface area contributed by atoms with Crippen LogP contribution in [0.1, 0.15) is 27.2 Å². The third-order valence-electron chi connectivity index (χ3n) is 2.51. The molecule has 0 bridgehead atoms. The first-order valence-electron chi connectivity index (χ1n) is 5.55. The predicted molar refractivity (Wildman–Crippen MR) is 58.4 cm³/mol. The molecule has 98 valence electrons. The van der Waals surface area contributed by atoms with Gasteiger partial charge in [0, 0.05) is 6.54 Å². The number of carbonyl (C=O) groups is 2. The van der Waals surface area contributed by atoms with E-state index in [0.29, 0.717) is 0 Å². The van der Waals surface area contributed by atoms with Crippen molar-refractivity contribution >= 4 is 12.1 Å². The number of alkyl halides is 1. The average molecular weight is 247 g/mol. The second-order valence-corrected chi connectivity index (χ2v) is 5.18. The van der Waals surface area contributed by atoms with Gasteiger partial charge in [-0.2, -0.15) is 0 Å². The van der Waals surface area contributed by atoms with Crippen LogP contribution < -0.4 is 0 Å². The van der Waals surface area contributed by atoms with Crippen molar-refractivity contribution in [2.24, 2.45) is 5.92 Å². The molecule has 1 aliphatic rings. The number of carboxylic acids is 1. The first-order valence-corrected chi connectivity index (χ1v) is 5.55. The number of hydrogen-bond donors (Lipinski definition) is 1. The van der Waals surface area contributed by atoms with Crippen molar-refractivity contribution in [1.29, 1.82) is 0 Å². The Morgan fingerprint density at radius 3 is 2.41 bits per heavy atom. The Balaban J connectivity index is 2.55. The molecule has 1 heterocycles. The molecule has 1 fully saturated rings. The van der Waals surface area contributed by atoms with Crippen LogP contribution in [0.15, 0.2) is 0 Å². The van der Waals surface area contributed by atoms with Crippen molar-refractivity contribution in [3.63, 3.8) is 0 Å². The van der Waals surface area contributed by atoms with E-state index in [0.717, 1.165) is 0 Å². The van der Waals surface area contributed by atoms with E-state index in [2.05, 4.69) is 0 Å². The Bertz CT molecular complexity index is 313. The maximum Gasteiger partial charge on any atom is 0.410 e. The van der Waals surface area contributed by atoms with Crippen molar-refractivity contribution in [2.75, 3.05) is 13.1 Å². The van der Waals surface area contributed by atoms with E-state index < -0.39 is 29.8 Å². The minimum absolute atomic E-state index is 0.121. The molecule has 0 aromatic heterocycles. The van der Waals surface area contributed by atoms with E-state index in [1.54, 1.807) is 20.8 Å². The minimum atomic E-state index is -1.53. The fourth-order valence-electron chi connectivity index (χ4n) is 1.68. The molecule has 0 saturated carbocycles. The highest BCUT2D eigenvalue weighted by Gasteiger charge is 2.37. The Morgan fingerprint density at radius 2 is 2.00 bits per heavy atom. The van der Waals surface area contributed by atoms with Gasteiger partial charge in [-0.3, -0.25) is 4.79 Å². The van der Waals surface area contributed by atoms with Crippen LogP contribution in [0.5, 0.6) is 0 Å². The zero-order valence-electron chi connectivity index (χ0n) is 10.3. The highest BCUT2D eigenvalue weighted by Crippen LogP contribution is 2.22. The second kappa shape index (κ2) is 4.89. The molecule has 1 aliphatic heterocycles. The number of aliphatic carboxylic acids is 1. The summed E-state index contributed by atoms with van der Waals surface area (Å²) < 4.78 is 18.6. The molecule has 1 amide bonds. The Hall–Kier alpha value is -1.33. The van der Waals surface area contributed by atoms with E-state index in [1.165, 1.54) is 4.90 Å². The van der Waals surface area contributed by atoms with Gasteiger partial charge in [-0.25, -0.2) is 9.18 Å². The summed E-state index contributed by atoms with van der Waals surface area (Å²) in [6.45, 7) is 5.17. The lowest BCUT2D eigenvalue weighted by Crippen LogP contribution is -2.48. The van der Waals surface area contributed by atoms with Gasteiger partial charge in [0.25, 0.3) is 0 Å². The van der Waals surface area contributed by atoms with Gasteiger partial charge in [0.2, 0.25) is 0 Å². The molecular formula is C11H18FNO4. The molecule has 2 unspecified atom stereocenters. The summed E-state index contributed by atoms with van der Waals surface area (Å²) in [6.07, 6.45) is -2.01. The fraction of sp³-hybridized carbons (Fsp3) is 0.818. The van der Waals surface area contributed by atoms with E-state index in [-0.39, 0.29) is 19.5 Å². The predicted octanol–water partition coefficient (Wildman–Crippen LogP) is 1.67. The van der Waals surface area contributed by atoms with Crippen molar-refractivity contribution in [3.8, 4) is 0 Å². The quantitative estimate of drug-likeness (QED) is 0.765. The first kappa shape index (κ1) is 13.7. The lowest BCUT2D eigenvalue weighted by molar-refractivity contribution is -0.146. The Kier molecular flexibility index (Phi) is 3.95. The third-order valence-corrected chi connectivity index (χ3v) is 2.51. The first-order chi connectivity index (χ1) is 7.70. The van der Waals surface area contributed by atoms with Crippen LogP contribution in [-0.4, -0.2) is 46.9 Å². The smallest absolute Gasteiger partial charge is 0.410 e. The van der Waals surface area contributed by atoms with E-state index >= 15 is 0 Å². The summed E-state index contributed by atoms with van der Waals surface area (Å²) in [4.78, 5) is 23.5. The summed E-state index contributed by atoms with van der Waals surface area (Å²) >= 11 is 0. The number of amides is 1. The highest BCUT2D eigenvalue weighted by atomic mass is 19.1. The van der Waals surface area contributed by atoms with E-state index in [4.69, 9.17) is 9.84 Å². The van der Waals surface area contributed by atoms with Crippen molar-refractivity contribution in [1.82, 2.24) is 4.90 Å². The van der Waals surface area contributed by atoms with Crippen LogP contribution in [0.4, 0.5) is 9.18 Å². The van der Waals surface area contributed by atoms with Crippen LogP contribution in [0.2, 0.25) is 0 Å². The summed E-state index contributed by atoms with van der Waals surface area (Å²) in [5.74, 6) is -2.17. The average Bonchev–Trinajstić information content (AvgIpc) is 2.14. The maximum absolute atomic E-state index is 13.5. The van der Waals surface area contributed by atoms with Gasteiger partial charge in [0.15, 0.2) is 0 Å². The zero-order chi connectivity index (χ0) is 13.2. The summed E-state index contributed by atoms with van der Waals surface area (Å²) in [6, 6.07) is 0. The lowest BCUT2D eigenvalue weighted by atomic mass is 9.95. The van der Waals surface area contributed by atoms with Gasteiger partial charge >= 0.3 is 12.1 Å². The number of halogens is 1. The molecule has 1 saturated heterocycles. The molecule has 0 aromatic rings. The Labute approximate surface area is 99.5 Å². The molecule has 5 nitrogen and oxygen atoms in total. The van der Waals surface area contributed by atoms with Crippen LogP contribution in [0.25, 0.3) is 0 Å². The summed E-state index contributed by atoms with van der Waals surface area (Å²) in [5, 5.41) is 8.75. The number of piperidine rings is 1. The Morgan fingerprint density at radius 1 is 1.41 bits per heavy atom. The molecule has 2 atom stereocenters. The fourth-order valence-corrected chi connectivity index (χ4v) is 1.68. The molecule has 0 aliphatic carbocycles. The minimum Gasteiger partial charge on any atom is -0.481 e. The van der Waals surface area contributed by atoms with Crippen molar-refractivity contribution in [3.05, 3.63) is 0 Å². The van der Waals surface area contributed by atoms with Gasteiger partial charge in [0.1, 0.15) is 11.8 Å². The molecule has 0 aromatic carbocycles. The largest absolute Gasteiger partial charge is 0.481 e. The molecule has 1 N–H and O–H groups in total. The van der Waals surface area contributed by atoms with Gasteiger partial charge in [-0.1, -0.05) is 0 Å². The number of ether oxygens (including phenoxy) is 1. The van der Waals surface area contributed by atoms with Crippen molar-refractivity contribution in [2.45, 2.75) is 39.0 Å². The number of nitrogens with zero attached hydrogens (tertiary/aromatic N) is 1. The van der Waals surface area contributed by atoms with Gasteiger partial charge in [0.05, 0.1) is 12.5 Å². The van der Waals surface area contributed by atoms with Gasteiger partial charge in [-0.05, 0) is 27.2 Å². The number of rotatable bonds is 1. The topological polar surface area (TPSA) is 66.8 Å². The molecular weight excluding hydrogens is 229 g/mol. The van der Waals surface area contributed by atoms with Crippen molar-refractivity contribution < 1.29 is 23.8 Å². The number of carboxylic acid groups (broad SMARTS) is 1. The van der Waals surface area contributed by atoms with E-state index in [9.17, 15) is 14.0 Å². The molecule has 6 heteroatoms. The molecule has 0 radical (unpaired) electrons. The second-order valence-electron chi connectivity index (χ2n) is 5.18. The number of likely N-dealkylation sites (tertiary alicyclic amines) is 1. The molecule has 17 heavy (non-hydrogen) atoms. The van der Waals surface area contributed by atoms with Crippen LogP contribution >= 0.6 is 0 Å². The van der Waals surface area contributed by atoms with Crippen LogP contribution in [0, 0.1) is 5.92 Å². The zero-order valence-corrected chi connectivity index (χ0v) is 10.3. The molecule has 0 spiro atoms. The third kappa shape index (κ3) is 3.87. The van der Waals surface area contributed by atoms with Crippen LogP contribution in [0.3, 0.4) is 0 Å². The highest BCUT2D eigenvalue weighted by molar-refractivity contribution is 5.72. The lowest BCUT2D eigenvalue weighted by Gasteiger charge is -2.34. The van der Waals surface area contributed by atoms with Crippen LogP contribution in [-0.2, 0) is 9.53 Å². The van der Waals surface area contributed by atoms with Gasteiger partial charge < -0.3 is 14.7 Å². The van der Waals surface area contributed by atoms with Gasteiger partial charge in [-0.15, -0.1) is 0 Å². The molecule has 1 rings (SSSR count). The standard InChI is InChI=1S/C11H18FNO4/c1-11(2,3)17-10(16)13-5-4-7(9(14)15)8(12)6-13/h7-8H,4-6H2,1-3H3,(H,14,15). The maximum atomic E-state index is 13.5.